The fourth-order valence-electron chi connectivity index (χ4n) is 4.96. The van der Waals surface area contributed by atoms with Gasteiger partial charge in [-0.1, -0.05) is 217 Å². The Balaban J connectivity index is 0.000000465. The maximum atomic E-state index is 16.7. The van der Waals surface area contributed by atoms with Gasteiger partial charge in [0.2, 0.25) is 10.3 Å². The van der Waals surface area contributed by atoms with E-state index < -0.39 is 24.4 Å². The molecule has 0 aromatic heterocycles. The minimum Gasteiger partial charge on any atom is -0.509 e. The zero-order chi connectivity index (χ0) is 41.9. The first-order valence-electron chi connectivity index (χ1n) is 18.1. The monoisotopic (exact) mass is 902 g/mol. The summed E-state index contributed by atoms with van der Waals surface area (Å²) in [5, 5.41) is 21.1. The van der Waals surface area contributed by atoms with Gasteiger partial charge in [-0.15, -0.1) is 30.9 Å². The molecule has 0 fully saturated rings. The van der Waals surface area contributed by atoms with Crippen LogP contribution in [0.1, 0.15) is 22.3 Å². The summed E-state index contributed by atoms with van der Waals surface area (Å²) in [7, 11) is -9.19. The summed E-state index contributed by atoms with van der Waals surface area (Å²) in [5.74, 6) is 0. The first-order valence-corrected chi connectivity index (χ1v) is 18.8. The topological polar surface area (TPSA) is 130 Å². The Kier molecular flexibility index (Phi) is 17.2. The van der Waals surface area contributed by atoms with E-state index in [4.69, 9.17) is 51.7 Å². The van der Waals surface area contributed by atoms with Gasteiger partial charge >= 0.3 is 31.1 Å². The molecule has 0 saturated heterocycles. The van der Waals surface area contributed by atoms with Crippen molar-refractivity contribution in [1.82, 2.24) is 0 Å². The second kappa shape index (κ2) is 23.1. The fourth-order valence-corrected chi connectivity index (χ4v) is 5.11. The third-order valence-electron chi connectivity index (χ3n) is 7.74. The molecular formula is C42H32B2Cl2F2FeN6O6. The quantitative estimate of drug-likeness (QED) is 0.162. The van der Waals surface area contributed by atoms with Crippen LogP contribution in [0.2, 0.25) is 0 Å². The molecule has 6 aromatic carbocycles. The molecule has 0 atom stereocenters. The van der Waals surface area contributed by atoms with Crippen molar-refractivity contribution in [3.05, 3.63) is 216 Å². The summed E-state index contributed by atoms with van der Waals surface area (Å²) in [6, 6.07) is 57.0. The summed E-state index contributed by atoms with van der Waals surface area (Å²) < 4.78 is 64.4. The molecule has 0 aliphatic carbocycles. The van der Waals surface area contributed by atoms with E-state index in [9.17, 15) is 0 Å². The van der Waals surface area contributed by atoms with Crippen LogP contribution >= 0.6 is 23.2 Å². The molecule has 0 amide bonds. The van der Waals surface area contributed by atoms with Crippen LogP contribution in [0.4, 0.5) is 8.63 Å². The molecule has 3 heterocycles. The van der Waals surface area contributed by atoms with Crippen LogP contribution in [0, 0.1) is 0 Å². The molecule has 0 N–H and O–H groups in total. The van der Waals surface area contributed by atoms with Crippen molar-refractivity contribution in [1.29, 1.82) is 0 Å². The van der Waals surface area contributed by atoms with E-state index in [2.05, 4.69) is 30.9 Å². The van der Waals surface area contributed by atoms with Gasteiger partial charge in [0.15, 0.2) is 0 Å². The van der Waals surface area contributed by atoms with Gasteiger partial charge in [-0.05, 0) is 0 Å². The first kappa shape index (κ1) is 45.3. The van der Waals surface area contributed by atoms with Gasteiger partial charge in [0.1, 0.15) is 22.8 Å². The third kappa shape index (κ3) is 13.6. The number of oxime groups is 6. The minimum absolute atomic E-state index is 0. The number of nitrogens with zero attached hydrogens (tertiary/aromatic N) is 6. The Morgan fingerprint density at radius 2 is 0.459 bits per heavy atom. The van der Waals surface area contributed by atoms with E-state index in [0.717, 1.165) is 0 Å². The van der Waals surface area contributed by atoms with Crippen molar-refractivity contribution in [3.63, 3.8) is 0 Å². The van der Waals surface area contributed by atoms with Gasteiger partial charge in [0, 0.05) is 22.3 Å². The number of hydrogen-bond donors (Lipinski definition) is 0. The normalized spacial score (nSPS) is 23.7. The summed E-state index contributed by atoms with van der Waals surface area (Å²) in [6.45, 7) is 0. The number of benzene rings is 6. The fraction of sp³-hybridized carbons (Fsp3) is 0. The Hall–Kier alpha value is -6.77. The number of rotatable bonds is 4. The Morgan fingerprint density at radius 1 is 0.295 bits per heavy atom. The SMILES string of the molecule is F[B-]12O/N=C(Cl)/C(Cl)=N/O[B-](F)(O/N=C(c3ccccc3)/C(c3ccccc3)=N/O1)O/N=C(c1ccccc1)/C(c1ccccc1)=N/O2.[Fe+2].c1ccccc1.c1ccccc1. The molecule has 0 spiro atoms. The van der Waals surface area contributed by atoms with Crippen LogP contribution in [0.15, 0.2) is 225 Å². The maximum Gasteiger partial charge on any atom is 2.00 e. The van der Waals surface area contributed by atoms with Gasteiger partial charge in [0.25, 0.3) is 0 Å². The summed E-state index contributed by atoms with van der Waals surface area (Å²) in [4.78, 5) is 0. The average Bonchev–Trinajstić information content (AvgIpc) is 3.32. The second-order valence-corrected chi connectivity index (χ2v) is 12.8. The van der Waals surface area contributed by atoms with Crippen molar-refractivity contribution < 1.29 is 54.2 Å². The molecule has 0 saturated carbocycles. The zero-order valence-electron chi connectivity index (χ0n) is 31.6. The van der Waals surface area contributed by atoms with Gasteiger partial charge < -0.3 is 37.2 Å². The maximum absolute atomic E-state index is 16.7. The second-order valence-electron chi connectivity index (χ2n) is 12.0. The van der Waals surface area contributed by atoms with Gasteiger partial charge in [-0.2, -0.15) is 0 Å². The van der Waals surface area contributed by atoms with Gasteiger partial charge in [-0.25, -0.2) is 0 Å². The third-order valence-corrected chi connectivity index (χ3v) is 8.33. The van der Waals surface area contributed by atoms with Gasteiger partial charge in [0.05, 0.1) is 0 Å². The zero-order valence-corrected chi connectivity index (χ0v) is 34.2. The summed E-state index contributed by atoms with van der Waals surface area (Å²) in [5.41, 5.74) is 0.566. The average molecular weight is 903 g/mol. The molecule has 6 aromatic rings. The van der Waals surface area contributed by atoms with E-state index in [-0.39, 0.29) is 39.9 Å². The van der Waals surface area contributed by atoms with Crippen molar-refractivity contribution in [3.8, 4) is 0 Å². The Morgan fingerprint density at radius 3 is 0.656 bits per heavy atom. The molecule has 9 rings (SSSR count). The number of hydrogen-bond acceptors (Lipinski definition) is 12. The molecule has 19 heteroatoms. The molecule has 2 bridgehead atoms. The minimum atomic E-state index is -4.60. The van der Waals surface area contributed by atoms with Crippen LogP contribution < -0.4 is 0 Å². The molecule has 61 heavy (non-hydrogen) atoms. The molecule has 12 nitrogen and oxygen atoms in total. The van der Waals surface area contributed by atoms with Crippen molar-refractivity contribution in [2.75, 3.05) is 0 Å². The van der Waals surface area contributed by atoms with Crippen LogP contribution in [0.25, 0.3) is 0 Å². The van der Waals surface area contributed by atoms with Crippen molar-refractivity contribution in [2.24, 2.45) is 30.9 Å². The van der Waals surface area contributed by atoms with Crippen LogP contribution in [-0.4, -0.2) is 47.3 Å². The molecular weight excluding hydrogens is 871 g/mol. The standard InChI is InChI=1S/C30H20B2Cl2F2N6O6.2C6H6.Fe/c33-29-30(34)42-48-32(36)44-38-26(22-15-7-2-8-16-22)25(21-13-5-1-6-14-21)37-43-31(35,47-41-29)45-39-27(23-17-9-3-10-18-23)28(40-46-32)24-19-11-4-12-20-24;2*1-2-4-6-5-3-1;/h1-20H;2*1-6H;/q-2;;;+2/b37-25+,38-26+,39-27+,40-28+,41-29-,42-30-;;;. The summed E-state index contributed by atoms with van der Waals surface area (Å²) in [6.07, 6.45) is 0. The molecule has 0 radical (unpaired) electrons. The summed E-state index contributed by atoms with van der Waals surface area (Å²) >= 11 is 12.0. The van der Waals surface area contributed by atoms with E-state index in [1.54, 1.807) is 121 Å². The van der Waals surface area contributed by atoms with E-state index >= 15 is 8.63 Å². The van der Waals surface area contributed by atoms with E-state index in [0.29, 0.717) is 22.3 Å². The van der Waals surface area contributed by atoms with E-state index in [1.165, 1.54) is 0 Å². The molecule has 3 aliphatic heterocycles. The molecule has 0 unspecified atom stereocenters. The van der Waals surface area contributed by atoms with Crippen LogP contribution in [-0.2, 0) is 45.6 Å². The predicted molar refractivity (Wildman–Crippen MR) is 232 cm³/mol. The van der Waals surface area contributed by atoms with Crippen LogP contribution in [0.5, 0.6) is 0 Å². The van der Waals surface area contributed by atoms with Crippen LogP contribution in [0.3, 0.4) is 0 Å². The largest absolute Gasteiger partial charge is 2.00 e. The van der Waals surface area contributed by atoms with Crippen molar-refractivity contribution >= 4 is 70.5 Å². The Labute approximate surface area is 370 Å². The first-order chi connectivity index (χ1) is 29.3. The Bertz CT molecular complexity index is 2110. The number of fused-ring (bicyclic) bond motifs is 9. The molecule has 3 aliphatic rings. The smallest absolute Gasteiger partial charge is 0.509 e. The van der Waals surface area contributed by atoms with E-state index in [1.807, 2.05) is 72.8 Å². The van der Waals surface area contributed by atoms with Crippen molar-refractivity contribution in [2.45, 2.75) is 0 Å². The van der Waals surface area contributed by atoms with Gasteiger partial charge in [-0.3, -0.25) is 0 Å². The number of halogens is 4. The predicted octanol–water partition coefficient (Wildman–Crippen LogP) is 10.0. The molecule has 308 valence electrons.